The zero-order chi connectivity index (χ0) is 26.4. The second-order valence-corrected chi connectivity index (χ2v) is 11.7. The molecule has 2 aromatic carbocycles. The van der Waals surface area contributed by atoms with Gasteiger partial charge >= 0.3 is 0 Å². The Morgan fingerprint density at radius 1 is 0.765 bits per heavy atom. The van der Waals surface area contributed by atoms with Crippen molar-refractivity contribution in [2.24, 2.45) is 11.5 Å². The second-order valence-electron chi connectivity index (χ2n) is 8.21. The van der Waals surface area contributed by atoms with Crippen molar-refractivity contribution in [1.29, 1.82) is 0 Å². The molecule has 0 unspecified atom stereocenters. The third-order valence-corrected chi connectivity index (χ3v) is 5.73. The second kappa shape index (κ2) is 11.8. The van der Waals surface area contributed by atoms with Gasteiger partial charge in [-0.3, -0.25) is 9.44 Å². The van der Waals surface area contributed by atoms with Gasteiger partial charge in [-0.15, -0.1) is 0 Å². The highest BCUT2D eigenvalue weighted by molar-refractivity contribution is 7.92. The summed E-state index contributed by atoms with van der Waals surface area (Å²) in [5.41, 5.74) is 13.4. The van der Waals surface area contributed by atoms with Gasteiger partial charge in [0.25, 0.3) is 0 Å². The molecule has 0 bridgehead atoms. The zero-order valence-electron chi connectivity index (χ0n) is 19.7. The van der Waals surface area contributed by atoms with Crippen LogP contribution in [0.25, 0.3) is 0 Å². The number of hydrogen-bond donors (Lipinski definition) is 7. The number of phenolic OH excluding ortho intramolecular Hbond substituents is 1. The molecule has 0 saturated heterocycles. The Hall–Kier alpha value is -2.42. The molecule has 192 valence electrons. The first-order valence-electron chi connectivity index (χ1n) is 10.2. The van der Waals surface area contributed by atoms with Crippen LogP contribution in [0.15, 0.2) is 36.4 Å². The summed E-state index contributed by atoms with van der Waals surface area (Å²) in [6.45, 7) is 5.10. The fraction of sp³-hybridized carbons (Fsp3) is 0.429. The van der Waals surface area contributed by atoms with E-state index in [-0.39, 0.29) is 11.4 Å². The molecule has 0 fully saturated rings. The van der Waals surface area contributed by atoms with E-state index in [9.17, 15) is 32.2 Å². The Labute approximate surface area is 200 Å². The predicted octanol–water partition coefficient (Wildman–Crippen LogP) is 0.891. The lowest BCUT2D eigenvalue weighted by Gasteiger charge is -2.17. The molecule has 13 heteroatoms. The van der Waals surface area contributed by atoms with Crippen molar-refractivity contribution in [3.05, 3.63) is 53.1 Å². The smallest absolute Gasteiger partial charge is 0.229 e. The van der Waals surface area contributed by atoms with Gasteiger partial charge in [-0.25, -0.2) is 16.8 Å². The number of aliphatic hydroxyl groups excluding tert-OH is 2. The monoisotopic (exact) mass is 518 g/mol. The molecule has 0 aliphatic carbocycles. The molecule has 0 aromatic heterocycles. The minimum absolute atomic E-state index is 0.0182. The van der Waals surface area contributed by atoms with Gasteiger partial charge in [0.05, 0.1) is 36.1 Å². The van der Waals surface area contributed by atoms with Crippen molar-refractivity contribution >= 4 is 31.4 Å². The fourth-order valence-electron chi connectivity index (χ4n) is 2.76. The maximum absolute atomic E-state index is 11.2. The highest BCUT2D eigenvalue weighted by atomic mass is 32.2. The van der Waals surface area contributed by atoms with E-state index in [1.54, 1.807) is 39.0 Å². The largest absolute Gasteiger partial charge is 0.506 e. The van der Waals surface area contributed by atoms with Crippen LogP contribution in [0, 0.1) is 6.92 Å². The maximum atomic E-state index is 11.2. The third-order valence-electron chi connectivity index (χ3n) is 4.55. The van der Waals surface area contributed by atoms with Crippen molar-refractivity contribution < 1.29 is 32.2 Å². The summed E-state index contributed by atoms with van der Waals surface area (Å²) in [5.74, 6) is -0.212. The fourth-order valence-corrected chi connectivity index (χ4v) is 3.94. The quantitative estimate of drug-likeness (QED) is 0.247. The highest BCUT2D eigenvalue weighted by Crippen LogP contribution is 2.28. The number of hydrogen-bond acceptors (Lipinski definition) is 9. The van der Waals surface area contributed by atoms with Gasteiger partial charge < -0.3 is 26.8 Å². The summed E-state index contributed by atoms with van der Waals surface area (Å²) in [4.78, 5) is 0. The molecule has 0 heterocycles. The number of aliphatic hydroxyl groups is 2. The van der Waals surface area contributed by atoms with Gasteiger partial charge in [-0.05, 0) is 55.7 Å². The Bertz CT molecular complexity index is 1090. The van der Waals surface area contributed by atoms with E-state index in [4.69, 9.17) is 11.5 Å². The van der Waals surface area contributed by atoms with Gasteiger partial charge in [-0.2, -0.15) is 0 Å². The lowest BCUT2D eigenvalue weighted by Crippen LogP contribution is -2.24. The zero-order valence-corrected chi connectivity index (χ0v) is 21.4. The standard InChI is InChI=1S/C11H18N2O3S.C10H16N2O4S/c1-7-4-5-9(11(14)8(2)12)6-10(7)13-17(3,15)16;1-6(11)10(14)7-3-4-9(13)8(5-7)12-17(2,15)16/h4-6,8,11,13-14H,12H2,1-3H3;3-6,10,12-14H,11H2,1-2H3/t8-,11-;6-,10-/m00/s1. The molecule has 11 nitrogen and oxygen atoms in total. The van der Waals surface area contributed by atoms with Crippen LogP contribution in [-0.2, 0) is 20.0 Å². The average molecular weight is 519 g/mol. The molecular formula is C21H34N4O7S2. The molecule has 0 amide bonds. The number of aryl methyl sites for hydroxylation is 1. The Balaban J connectivity index is 0.000000340. The van der Waals surface area contributed by atoms with Gasteiger partial charge in [0.1, 0.15) is 5.75 Å². The normalized spacial score (nSPS) is 15.3. The number of anilines is 2. The number of sulfonamides is 2. The van der Waals surface area contributed by atoms with E-state index >= 15 is 0 Å². The molecule has 0 saturated carbocycles. The van der Waals surface area contributed by atoms with Gasteiger partial charge in [0, 0.05) is 12.1 Å². The van der Waals surface area contributed by atoms with E-state index < -0.39 is 44.3 Å². The third kappa shape index (κ3) is 9.83. The van der Waals surface area contributed by atoms with Crippen molar-refractivity contribution in [2.45, 2.75) is 45.1 Å². The minimum atomic E-state index is -3.49. The Morgan fingerprint density at radius 3 is 1.56 bits per heavy atom. The molecular weight excluding hydrogens is 484 g/mol. The summed E-state index contributed by atoms with van der Waals surface area (Å²) in [7, 11) is -6.81. The molecule has 0 spiro atoms. The lowest BCUT2D eigenvalue weighted by molar-refractivity contribution is 0.153. The first-order chi connectivity index (χ1) is 15.4. The summed E-state index contributed by atoms with van der Waals surface area (Å²) < 4.78 is 49.0. The number of benzene rings is 2. The lowest BCUT2D eigenvalue weighted by atomic mass is 10.0. The van der Waals surface area contributed by atoms with E-state index in [2.05, 4.69) is 9.44 Å². The highest BCUT2D eigenvalue weighted by Gasteiger charge is 2.16. The molecule has 4 atom stereocenters. The maximum Gasteiger partial charge on any atom is 0.229 e. The molecule has 2 rings (SSSR count). The first-order valence-corrected chi connectivity index (χ1v) is 14.0. The topological polar surface area (TPSA) is 205 Å². The van der Waals surface area contributed by atoms with Crippen LogP contribution in [0.2, 0.25) is 0 Å². The Morgan fingerprint density at radius 2 is 1.15 bits per heavy atom. The molecule has 2 aromatic rings. The van der Waals surface area contributed by atoms with Crippen LogP contribution in [0.1, 0.15) is 42.7 Å². The van der Waals surface area contributed by atoms with Crippen LogP contribution in [0.4, 0.5) is 11.4 Å². The van der Waals surface area contributed by atoms with Crippen LogP contribution < -0.4 is 20.9 Å². The van der Waals surface area contributed by atoms with Crippen molar-refractivity contribution in [3.63, 3.8) is 0 Å². The number of aromatic hydroxyl groups is 1. The van der Waals surface area contributed by atoms with E-state index in [1.807, 2.05) is 0 Å². The van der Waals surface area contributed by atoms with Gasteiger partial charge in [-0.1, -0.05) is 18.2 Å². The first kappa shape index (κ1) is 29.6. The van der Waals surface area contributed by atoms with Crippen molar-refractivity contribution in [2.75, 3.05) is 22.0 Å². The number of phenols is 1. The molecule has 34 heavy (non-hydrogen) atoms. The molecule has 0 aliphatic heterocycles. The number of nitrogens with two attached hydrogens (primary N) is 2. The number of nitrogens with one attached hydrogen (secondary N) is 2. The summed E-state index contributed by atoms with van der Waals surface area (Å²) >= 11 is 0. The van der Waals surface area contributed by atoms with Crippen LogP contribution in [0.3, 0.4) is 0 Å². The van der Waals surface area contributed by atoms with E-state index in [1.165, 1.54) is 18.2 Å². The minimum Gasteiger partial charge on any atom is -0.506 e. The average Bonchev–Trinajstić information content (AvgIpc) is 2.68. The number of rotatable bonds is 8. The van der Waals surface area contributed by atoms with Crippen molar-refractivity contribution in [3.8, 4) is 5.75 Å². The molecule has 9 N–H and O–H groups in total. The van der Waals surface area contributed by atoms with Crippen LogP contribution in [-0.4, -0.2) is 56.8 Å². The Kier molecular flexibility index (Phi) is 10.3. The summed E-state index contributed by atoms with van der Waals surface area (Å²) in [6, 6.07) is 8.31. The molecule has 0 aliphatic rings. The van der Waals surface area contributed by atoms with Crippen LogP contribution in [0.5, 0.6) is 5.75 Å². The van der Waals surface area contributed by atoms with E-state index in [0.717, 1.165) is 18.1 Å². The predicted molar refractivity (Wildman–Crippen MR) is 133 cm³/mol. The van der Waals surface area contributed by atoms with E-state index in [0.29, 0.717) is 16.8 Å². The van der Waals surface area contributed by atoms with Crippen molar-refractivity contribution in [1.82, 2.24) is 0 Å². The molecule has 0 radical (unpaired) electrons. The summed E-state index contributed by atoms with van der Waals surface area (Å²) in [6.07, 6.45) is 0.328. The van der Waals surface area contributed by atoms with Crippen LogP contribution >= 0.6 is 0 Å². The van der Waals surface area contributed by atoms with Gasteiger partial charge in [0.2, 0.25) is 20.0 Å². The SMILES string of the molecule is C[C@H](N)[C@H](O)c1ccc(O)c(NS(C)(=O)=O)c1.Cc1ccc([C@@H](O)[C@H](C)N)cc1NS(C)(=O)=O. The van der Waals surface area contributed by atoms with Gasteiger partial charge in [0.15, 0.2) is 0 Å². The summed E-state index contributed by atoms with van der Waals surface area (Å²) in [5, 5.41) is 29.0.